The fraction of sp³-hybridized carbons (Fsp3) is 0.562. The molecule has 1 aliphatic carbocycles. The van der Waals surface area contributed by atoms with Crippen molar-refractivity contribution in [3.8, 4) is 0 Å². The zero-order chi connectivity index (χ0) is 13.7. The van der Waals surface area contributed by atoms with Gasteiger partial charge in [-0.2, -0.15) is 0 Å². The molecule has 1 aromatic carbocycles. The zero-order valence-corrected chi connectivity index (χ0v) is 11.6. The number of nitrogens with two attached hydrogens (primary N) is 1. The van der Waals surface area contributed by atoms with Gasteiger partial charge < -0.3 is 10.5 Å². The van der Waals surface area contributed by atoms with Gasteiger partial charge in [0.05, 0.1) is 12.5 Å². The third-order valence-corrected chi connectivity index (χ3v) is 4.29. The highest BCUT2D eigenvalue weighted by Gasteiger charge is 2.47. The lowest BCUT2D eigenvalue weighted by Crippen LogP contribution is -2.38. The van der Waals surface area contributed by atoms with Crippen LogP contribution in [0.1, 0.15) is 38.2 Å². The highest BCUT2D eigenvalue weighted by molar-refractivity contribution is 5.75. The van der Waals surface area contributed by atoms with Gasteiger partial charge in [-0.15, -0.1) is 0 Å². The molecule has 3 nitrogen and oxygen atoms in total. The molecule has 2 N–H and O–H groups in total. The van der Waals surface area contributed by atoms with Crippen molar-refractivity contribution >= 4 is 5.97 Å². The van der Waals surface area contributed by atoms with Gasteiger partial charge in [0.15, 0.2) is 0 Å². The van der Waals surface area contributed by atoms with E-state index in [1.807, 2.05) is 25.1 Å². The number of rotatable bonds is 5. The smallest absolute Gasteiger partial charge is 0.309 e. The van der Waals surface area contributed by atoms with Crippen molar-refractivity contribution in [1.29, 1.82) is 0 Å². The van der Waals surface area contributed by atoms with Gasteiger partial charge in [-0.3, -0.25) is 4.79 Å². The molecular weight excluding hydrogens is 238 g/mol. The first-order valence-corrected chi connectivity index (χ1v) is 7.17. The summed E-state index contributed by atoms with van der Waals surface area (Å²) in [7, 11) is 0. The maximum atomic E-state index is 12.2. The molecule has 0 spiro atoms. The minimum Gasteiger partial charge on any atom is -0.466 e. The molecule has 0 saturated heterocycles. The van der Waals surface area contributed by atoms with Gasteiger partial charge in [0.25, 0.3) is 0 Å². The van der Waals surface area contributed by atoms with Crippen molar-refractivity contribution in [3.05, 3.63) is 35.9 Å². The second kappa shape index (κ2) is 6.20. The minimum atomic E-state index is -0.123. The van der Waals surface area contributed by atoms with E-state index in [0.717, 1.165) is 25.7 Å². The van der Waals surface area contributed by atoms with Crippen LogP contribution in [-0.4, -0.2) is 19.1 Å². The predicted molar refractivity (Wildman–Crippen MR) is 75.8 cm³/mol. The third kappa shape index (κ3) is 2.66. The number of esters is 1. The van der Waals surface area contributed by atoms with Crippen LogP contribution in [-0.2, 0) is 14.9 Å². The summed E-state index contributed by atoms with van der Waals surface area (Å²) >= 11 is 0. The van der Waals surface area contributed by atoms with Crippen molar-refractivity contribution in [2.24, 2.45) is 11.7 Å². The quantitative estimate of drug-likeness (QED) is 0.829. The number of hydrogen-bond donors (Lipinski definition) is 1. The fourth-order valence-corrected chi connectivity index (χ4v) is 3.48. The van der Waals surface area contributed by atoms with E-state index in [4.69, 9.17) is 10.5 Å². The first-order chi connectivity index (χ1) is 9.24. The van der Waals surface area contributed by atoms with Gasteiger partial charge in [0, 0.05) is 5.41 Å². The second-order valence-corrected chi connectivity index (χ2v) is 5.26. The lowest BCUT2D eigenvalue weighted by Gasteiger charge is -2.34. The number of ether oxygens (including phenoxy) is 1. The summed E-state index contributed by atoms with van der Waals surface area (Å²) in [6.45, 7) is 2.91. The van der Waals surface area contributed by atoms with Gasteiger partial charge in [0.1, 0.15) is 0 Å². The second-order valence-electron chi connectivity index (χ2n) is 5.26. The summed E-state index contributed by atoms with van der Waals surface area (Å²) in [5.74, 6) is -0.101. The zero-order valence-electron chi connectivity index (χ0n) is 11.6. The minimum absolute atomic E-state index is 0.0431. The van der Waals surface area contributed by atoms with Crippen LogP contribution in [0.15, 0.2) is 30.3 Å². The Labute approximate surface area is 115 Å². The number of carbonyl (C=O) groups is 1. The summed E-state index contributed by atoms with van der Waals surface area (Å²) in [6.07, 6.45) is 3.85. The van der Waals surface area contributed by atoms with Crippen molar-refractivity contribution in [2.75, 3.05) is 13.2 Å². The molecule has 0 bridgehead atoms. The van der Waals surface area contributed by atoms with E-state index in [-0.39, 0.29) is 17.3 Å². The molecule has 2 unspecified atom stereocenters. The average molecular weight is 261 g/mol. The van der Waals surface area contributed by atoms with Crippen LogP contribution in [0.5, 0.6) is 0 Å². The molecule has 2 atom stereocenters. The molecule has 0 aromatic heterocycles. The van der Waals surface area contributed by atoms with Crippen LogP contribution in [0.3, 0.4) is 0 Å². The van der Waals surface area contributed by atoms with E-state index in [9.17, 15) is 4.79 Å². The van der Waals surface area contributed by atoms with Crippen LogP contribution in [0.25, 0.3) is 0 Å². The maximum absolute atomic E-state index is 12.2. The molecule has 2 rings (SSSR count). The van der Waals surface area contributed by atoms with Crippen molar-refractivity contribution in [3.63, 3.8) is 0 Å². The lowest BCUT2D eigenvalue weighted by atomic mass is 9.70. The topological polar surface area (TPSA) is 52.3 Å². The van der Waals surface area contributed by atoms with Gasteiger partial charge in [-0.25, -0.2) is 0 Å². The van der Waals surface area contributed by atoms with Crippen LogP contribution in [0.4, 0.5) is 0 Å². The van der Waals surface area contributed by atoms with Gasteiger partial charge in [0.2, 0.25) is 0 Å². The Hall–Kier alpha value is -1.35. The number of hydrogen-bond acceptors (Lipinski definition) is 3. The standard InChI is InChI=1S/C16H23NO2/c1-2-19-15(18)14-9-6-10-16(14,11-12-17)13-7-4-3-5-8-13/h3-5,7-8,14H,2,6,9-12,17H2,1H3. The predicted octanol–water partition coefficient (Wildman–Crippen LogP) is 2.64. The van der Waals surface area contributed by atoms with E-state index in [0.29, 0.717) is 13.2 Å². The molecular formula is C16H23NO2. The van der Waals surface area contributed by atoms with Gasteiger partial charge in [-0.05, 0) is 38.3 Å². The van der Waals surface area contributed by atoms with Crippen LogP contribution in [0, 0.1) is 5.92 Å². The molecule has 3 heteroatoms. The van der Waals surface area contributed by atoms with E-state index >= 15 is 0 Å². The summed E-state index contributed by atoms with van der Waals surface area (Å²) < 4.78 is 5.27. The number of benzene rings is 1. The summed E-state index contributed by atoms with van der Waals surface area (Å²) in [5.41, 5.74) is 6.92. The normalized spacial score (nSPS) is 26.3. The van der Waals surface area contributed by atoms with Crippen LogP contribution >= 0.6 is 0 Å². The van der Waals surface area contributed by atoms with Gasteiger partial charge in [-0.1, -0.05) is 36.8 Å². The molecule has 0 amide bonds. The van der Waals surface area contributed by atoms with E-state index < -0.39 is 0 Å². The Bertz CT molecular complexity index is 418. The molecule has 1 aromatic rings. The van der Waals surface area contributed by atoms with E-state index in [1.54, 1.807) is 0 Å². The first-order valence-electron chi connectivity index (χ1n) is 7.17. The fourth-order valence-electron chi connectivity index (χ4n) is 3.48. The monoisotopic (exact) mass is 261 g/mol. The molecule has 104 valence electrons. The Kier molecular flexibility index (Phi) is 4.59. The van der Waals surface area contributed by atoms with Gasteiger partial charge >= 0.3 is 5.97 Å². The number of carbonyl (C=O) groups excluding carboxylic acids is 1. The average Bonchev–Trinajstić information content (AvgIpc) is 2.85. The van der Waals surface area contributed by atoms with Crippen molar-refractivity contribution in [2.45, 2.75) is 38.0 Å². The van der Waals surface area contributed by atoms with Crippen molar-refractivity contribution < 1.29 is 9.53 Å². The summed E-state index contributed by atoms with van der Waals surface area (Å²) in [6, 6.07) is 10.3. The Morgan fingerprint density at radius 3 is 2.79 bits per heavy atom. The third-order valence-electron chi connectivity index (χ3n) is 4.29. The highest BCUT2D eigenvalue weighted by Crippen LogP contribution is 2.48. The lowest BCUT2D eigenvalue weighted by molar-refractivity contribution is -0.150. The maximum Gasteiger partial charge on any atom is 0.309 e. The summed E-state index contributed by atoms with van der Waals surface area (Å²) in [5, 5.41) is 0. The van der Waals surface area contributed by atoms with Crippen molar-refractivity contribution in [1.82, 2.24) is 0 Å². The molecule has 1 saturated carbocycles. The molecule has 0 aliphatic heterocycles. The van der Waals surface area contributed by atoms with E-state index in [1.165, 1.54) is 5.56 Å². The SMILES string of the molecule is CCOC(=O)C1CCCC1(CCN)c1ccccc1. The highest BCUT2D eigenvalue weighted by atomic mass is 16.5. The van der Waals surface area contributed by atoms with E-state index in [2.05, 4.69) is 12.1 Å². The molecule has 1 fully saturated rings. The first kappa shape index (κ1) is 14.1. The Morgan fingerprint density at radius 2 is 2.16 bits per heavy atom. The van der Waals surface area contributed by atoms with Crippen LogP contribution in [0.2, 0.25) is 0 Å². The Balaban J connectivity index is 2.35. The largest absolute Gasteiger partial charge is 0.466 e. The van der Waals surface area contributed by atoms with Crippen LogP contribution < -0.4 is 5.73 Å². The molecule has 0 radical (unpaired) electrons. The summed E-state index contributed by atoms with van der Waals surface area (Å²) in [4.78, 5) is 12.2. The Morgan fingerprint density at radius 1 is 1.42 bits per heavy atom. The molecule has 0 heterocycles. The molecule has 1 aliphatic rings. The molecule has 19 heavy (non-hydrogen) atoms.